The Labute approximate surface area is 156 Å². The first-order valence-corrected chi connectivity index (χ1v) is 9.16. The van der Waals surface area contributed by atoms with Gasteiger partial charge in [-0.15, -0.1) is 0 Å². The van der Waals surface area contributed by atoms with Gasteiger partial charge in [-0.1, -0.05) is 12.1 Å². The molecule has 5 nitrogen and oxygen atoms in total. The molecule has 3 N–H and O–H groups in total. The quantitative estimate of drug-likeness (QED) is 0.757. The topological polar surface area (TPSA) is 81.0 Å². The first-order chi connectivity index (χ1) is 12.9. The first kappa shape index (κ1) is 17.9. The summed E-state index contributed by atoms with van der Waals surface area (Å²) < 4.78 is 13.4. The Hall–Kier alpha value is -2.44. The monoisotopic (exact) mass is 371 g/mol. The van der Waals surface area contributed by atoms with E-state index in [0.29, 0.717) is 42.6 Å². The molecule has 4 atom stereocenters. The summed E-state index contributed by atoms with van der Waals surface area (Å²) >= 11 is 0. The van der Waals surface area contributed by atoms with E-state index in [-0.39, 0.29) is 23.5 Å². The summed E-state index contributed by atoms with van der Waals surface area (Å²) in [5.41, 5.74) is 1.53. The van der Waals surface area contributed by atoms with Gasteiger partial charge in [-0.3, -0.25) is 4.79 Å². The van der Waals surface area contributed by atoms with Gasteiger partial charge in [-0.25, -0.2) is 4.39 Å². The molecule has 0 bridgehead atoms. The number of carbonyl (C=O) groups excluding carboxylic acids is 1. The van der Waals surface area contributed by atoms with Crippen LogP contribution in [0.1, 0.15) is 23.2 Å². The molecule has 1 saturated carbocycles. The highest BCUT2D eigenvalue weighted by Gasteiger charge is 2.42. The zero-order chi connectivity index (χ0) is 19.1. The van der Waals surface area contributed by atoms with Crippen molar-refractivity contribution in [1.29, 1.82) is 0 Å². The van der Waals surface area contributed by atoms with Crippen LogP contribution >= 0.6 is 0 Å². The Bertz CT molecular complexity index is 836. The van der Waals surface area contributed by atoms with E-state index >= 15 is 0 Å². The fourth-order valence-corrected chi connectivity index (χ4v) is 4.29. The third-order valence-corrected chi connectivity index (χ3v) is 5.80. The van der Waals surface area contributed by atoms with Gasteiger partial charge in [0.05, 0.1) is 12.2 Å². The van der Waals surface area contributed by atoms with Crippen LogP contribution in [-0.2, 0) is 0 Å². The largest absolute Gasteiger partial charge is 0.507 e. The van der Waals surface area contributed by atoms with Crippen LogP contribution in [0.3, 0.4) is 0 Å². The van der Waals surface area contributed by atoms with E-state index in [4.69, 9.17) is 0 Å². The molecule has 2 fully saturated rings. The Balaban J connectivity index is 1.49. The van der Waals surface area contributed by atoms with Crippen LogP contribution in [0.25, 0.3) is 11.1 Å². The van der Waals surface area contributed by atoms with Crippen LogP contribution in [0.2, 0.25) is 0 Å². The second-order valence-corrected chi connectivity index (χ2v) is 7.58. The van der Waals surface area contributed by atoms with Crippen molar-refractivity contribution >= 4 is 5.91 Å². The lowest BCUT2D eigenvalue weighted by Gasteiger charge is -2.31. The number of hydrogen-bond acceptors (Lipinski definition) is 4. The number of amides is 1. The molecule has 2 aromatic carbocycles. The number of aromatic hydroxyl groups is 1. The zero-order valence-corrected chi connectivity index (χ0v) is 14.8. The molecule has 142 valence electrons. The van der Waals surface area contributed by atoms with Gasteiger partial charge in [0.2, 0.25) is 0 Å². The molecule has 6 heteroatoms. The fraction of sp³-hybridized carbons (Fsp3) is 0.381. The molecular weight excluding hydrogens is 349 g/mol. The molecule has 4 rings (SSSR count). The summed E-state index contributed by atoms with van der Waals surface area (Å²) in [5.74, 6) is -0.113. The number of halogens is 1. The number of phenolic OH excluding ortho intramolecular Hbond substituents is 1. The number of phenols is 1. The van der Waals surface area contributed by atoms with Crippen molar-refractivity contribution in [2.45, 2.75) is 25.0 Å². The van der Waals surface area contributed by atoms with E-state index in [2.05, 4.69) is 0 Å². The number of fused-ring (bicyclic) bond motifs is 1. The minimum atomic E-state index is -0.709. The molecule has 1 saturated heterocycles. The number of carbonyl (C=O) groups is 1. The van der Waals surface area contributed by atoms with Gasteiger partial charge in [0.25, 0.3) is 5.91 Å². The zero-order valence-electron chi connectivity index (χ0n) is 14.8. The number of aliphatic hydroxyl groups is 2. The number of aliphatic hydroxyl groups excluding tert-OH is 2. The van der Waals surface area contributed by atoms with E-state index in [1.807, 2.05) is 0 Å². The summed E-state index contributed by atoms with van der Waals surface area (Å²) in [4.78, 5) is 14.6. The normalized spacial score (nSPS) is 27.4. The van der Waals surface area contributed by atoms with Crippen LogP contribution in [0.15, 0.2) is 42.5 Å². The van der Waals surface area contributed by atoms with E-state index in [0.717, 1.165) is 0 Å². The van der Waals surface area contributed by atoms with E-state index < -0.39 is 18.0 Å². The van der Waals surface area contributed by atoms with Crippen LogP contribution in [0, 0.1) is 17.7 Å². The predicted molar refractivity (Wildman–Crippen MR) is 97.6 cm³/mol. The lowest BCUT2D eigenvalue weighted by molar-refractivity contribution is -0.0372. The van der Waals surface area contributed by atoms with Gasteiger partial charge in [-0.05, 0) is 60.6 Å². The molecule has 1 heterocycles. The van der Waals surface area contributed by atoms with Gasteiger partial charge in [-0.2, -0.15) is 0 Å². The molecule has 1 amide bonds. The second-order valence-electron chi connectivity index (χ2n) is 7.58. The van der Waals surface area contributed by atoms with Crippen LogP contribution < -0.4 is 0 Å². The third kappa shape index (κ3) is 3.42. The molecule has 0 aromatic heterocycles. The SMILES string of the molecule is O=C(c1ccc(-c2cc(F)ccc2O)cc1)N1C[C@H]2C[C@H](O)[C@H](O)C[C@H]2C1. The van der Waals surface area contributed by atoms with Gasteiger partial charge in [0.15, 0.2) is 0 Å². The minimum absolute atomic E-state index is 0.0174. The number of hydrogen-bond donors (Lipinski definition) is 3. The van der Waals surface area contributed by atoms with Gasteiger partial charge >= 0.3 is 0 Å². The van der Waals surface area contributed by atoms with Crippen LogP contribution in [0.4, 0.5) is 4.39 Å². The number of benzene rings is 2. The molecule has 2 aliphatic rings. The highest BCUT2D eigenvalue weighted by molar-refractivity contribution is 5.95. The molecule has 2 aromatic rings. The summed E-state index contributed by atoms with van der Waals surface area (Å²) in [5, 5.41) is 29.6. The maximum absolute atomic E-state index is 13.4. The smallest absolute Gasteiger partial charge is 0.253 e. The molecule has 27 heavy (non-hydrogen) atoms. The van der Waals surface area contributed by atoms with Crippen molar-refractivity contribution in [2.24, 2.45) is 11.8 Å². The Morgan fingerprint density at radius 2 is 1.56 bits per heavy atom. The lowest BCUT2D eigenvalue weighted by atomic mass is 9.79. The predicted octanol–water partition coefficient (Wildman–Crippen LogP) is 2.40. The minimum Gasteiger partial charge on any atom is -0.507 e. The van der Waals surface area contributed by atoms with Gasteiger partial charge < -0.3 is 20.2 Å². The Kier molecular flexibility index (Phi) is 4.61. The maximum Gasteiger partial charge on any atom is 0.253 e. The Morgan fingerprint density at radius 3 is 2.15 bits per heavy atom. The molecule has 0 radical (unpaired) electrons. The van der Waals surface area contributed by atoms with Crippen molar-refractivity contribution in [3.8, 4) is 16.9 Å². The summed E-state index contributed by atoms with van der Waals surface area (Å²) in [6.07, 6.45) is -0.375. The highest BCUT2D eigenvalue weighted by atomic mass is 19.1. The summed E-state index contributed by atoms with van der Waals surface area (Å²) in [6.45, 7) is 1.17. The Morgan fingerprint density at radius 1 is 0.963 bits per heavy atom. The van der Waals surface area contributed by atoms with Gasteiger partial charge in [0.1, 0.15) is 11.6 Å². The molecule has 0 spiro atoms. The standard InChI is InChI=1S/C21H22FNO4/c22-16-5-6-18(24)17(9-16)12-1-3-13(4-2-12)21(27)23-10-14-7-19(25)20(26)8-15(14)11-23/h1-6,9,14-15,19-20,24-26H,7-8,10-11H2/t14-,15+,19+,20-. The second kappa shape index (κ2) is 6.94. The first-order valence-electron chi connectivity index (χ1n) is 9.16. The molecular formula is C21H22FNO4. The number of rotatable bonds is 2. The van der Waals surface area contributed by atoms with Crippen LogP contribution in [-0.4, -0.2) is 51.4 Å². The van der Waals surface area contributed by atoms with Crippen molar-refractivity contribution in [1.82, 2.24) is 4.90 Å². The summed E-state index contributed by atoms with van der Waals surface area (Å²) in [7, 11) is 0. The van der Waals surface area contributed by atoms with E-state index in [1.54, 1.807) is 29.2 Å². The van der Waals surface area contributed by atoms with Gasteiger partial charge in [0, 0.05) is 24.2 Å². The third-order valence-electron chi connectivity index (χ3n) is 5.80. The van der Waals surface area contributed by atoms with Crippen molar-refractivity contribution < 1.29 is 24.5 Å². The number of nitrogens with zero attached hydrogens (tertiary/aromatic N) is 1. The van der Waals surface area contributed by atoms with Crippen LogP contribution in [0.5, 0.6) is 5.75 Å². The van der Waals surface area contributed by atoms with Crippen molar-refractivity contribution in [3.05, 3.63) is 53.8 Å². The molecule has 1 aliphatic heterocycles. The van der Waals surface area contributed by atoms with E-state index in [9.17, 15) is 24.5 Å². The van der Waals surface area contributed by atoms with E-state index in [1.165, 1.54) is 18.2 Å². The molecule has 1 aliphatic carbocycles. The van der Waals surface area contributed by atoms with Crippen molar-refractivity contribution in [3.63, 3.8) is 0 Å². The molecule has 0 unspecified atom stereocenters. The highest BCUT2D eigenvalue weighted by Crippen LogP contribution is 2.37. The van der Waals surface area contributed by atoms with Crippen molar-refractivity contribution in [2.75, 3.05) is 13.1 Å². The average Bonchev–Trinajstić information content (AvgIpc) is 3.06. The summed E-state index contributed by atoms with van der Waals surface area (Å²) in [6, 6.07) is 10.5. The average molecular weight is 371 g/mol. The lowest BCUT2D eigenvalue weighted by Crippen LogP contribution is -2.38. The fourth-order valence-electron chi connectivity index (χ4n) is 4.29. The number of likely N-dealkylation sites (tertiary alicyclic amines) is 1. The maximum atomic E-state index is 13.4.